The van der Waals surface area contributed by atoms with Gasteiger partial charge in [0.25, 0.3) is 0 Å². The fourth-order valence-electron chi connectivity index (χ4n) is 2.20. The van der Waals surface area contributed by atoms with Crippen LogP contribution in [0, 0.1) is 0 Å². The monoisotopic (exact) mass is 268 g/mol. The maximum absolute atomic E-state index is 13.5. The molecular formula is C13H17FN2O3. The summed E-state index contributed by atoms with van der Waals surface area (Å²) in [5.74, 6) is -0.530. The number of nitrogens with zero attached hydrogens (tertiary/aromatic N) is 1. The van der Waals surface area contributed by atoms with Crippen LogP contribution in [0.2, 0.25) is 0 Å². The fourth-order valence-corrected chi connectivity index (χ4v) is 2.20. The first-order valence-electron chi connectivity index (χ1n) is 6.22. The van der Waals surface area contributed by atoms with E-state index >= 15 is 0 Å². The fraction of sp³-hybridized carbons (Fsp3) is 0.462. The van der Waals surface area contributed by atoms with E-state index in [1.807, 2.05) is 6.92 Å². The molecule has 2 rings (SSSR count). The topological polar surface area (TPSA) is 50.8 Å². The lowest BCUT2D eigenvalue weighted by Crippen LogP contribution is -2.35. The highest BCUT2D eigenvalue weighted by Crippen LogP contribution is 2.33. The molecule has 0 saturated heterocycles. The molecule has 19 heavy (non-hydrogen) atoms. The lowest BCUT2D eigenvalue weighted by atomic mass is 10.0. The van der Waals surface area contributed by atoms with Crippen molar-refractivity contribution >= 4 is 5.97 Å². The Bertz CT molecular complexity index is 482. The summed E-state index contributed by atoms with van der Waals surface area (Å²) in [5.41, 5.74) is 4.04. The van der Waals surface area contributed by atoms with Gasteiger partial charge in [0.15, 0.2) is 0 Å². The van der Waals surface area contributed by atoms with Gasteiger partial charge in [-0.3, -0.25) is 5.01 Å². The average Bonchev–Trinajstić information content (AvgIpc) is 2.76. The number of methoxy groups -OCH3 is 1. The van der Waals surface area contributed by atoms with Gasteiger partial charge in [-0.2, -0.15) is 0 Å². The SMILES string of the molecule is CCOC(=O)C1=C2C(OC)=CC(F)=CN2NC1CC. The standard InChI is InChI=1S/C13H17FN2O3/c1-4-9-11(13(17)19-5-2)12-10(18-3)6-8(14)7-16(12)15-9/h6-7,9,15H,4-5H2,1-3H3. The minimum atomic E-state index is -0.437. The van der Waals surface area contributed by atoms with Crippen LogP contribution in [-0.2, 0) is 14.3 Å². The first kappa shape index (κ1) is 13.6. The summed E-state index contributed by atoms with van der Waals surface area (Å²) in [5, 5.41) is 1.48. The second-order valence-corrected chi connectivity index (χ2v) is 4.17. The minimum absolute atomic E-state index is 0.213. The molecule has 5 nitrogen and oxygen atoms in total. The molecule has 0 spiro atoms. The second-order valence-electron chi connectivity index (χ2n) is 4.17. The first-order chi connectivity index (χ1) is 9.12. The van der Waals surface area contributed by atoms with Crippen molar-refractivity contribution < 1.29 is 18.7 Å². The molecule has 6 heteroatoms. The highest BCUT2D eigenvalue weighted by Gasteiger charge is 2.38. The number of fused-ring (bicyclic) bond motifs is 1. The van der Waals surface area contributed by atoms with Gasteiger partial charge in [0.05, 0.1) is 31.5 Å². The van der Waals surface area contributed by atoms with Crippen molar-refractivity contribution in [2.45, 2.75) is 26.3 Å². The Kier molecular flexibility index (Phi) is 3.90. The predicted octanol–water partition coefficient (Wildman–Crippen LogP) is 1.76. The van der Waals surface area contributed by atoms with E-state index in [2.05, 4.69) is 5.43 Å². The highest BCUT2D eigenvalue weighted by molar-refractivity contribution is 5.92. The molecule has 0 bridgehead atoms. The van der Waals surface area contributed by atoms with Gasteiger partial charge < -0.3 is 9.47 Å². The van der Waals surface area contributed by atoms with E-state index in [-0.39, 0.29) is 6.04 Å². The van der Waals surface area contributed by atoms with E-state index in [9.17, 15) is 9.18 Å². The molecule has 2 heterocycles. The first-order valence-corrected chi connectivity index (χ1v) is 6.22. The number of ether oxygens (including phenoxy) is 2. The number of carbonyl (C=O) groups is 1. The summed E-state index contributed by atoms with van der Waals surface area (Å²) in [6, 6.07) is -0.213. The van der Waals surface area contributed by atoms with Crippen molar-refractivity contribution in [1.82, 2.24) is 10.4 Å². The molecule has 104 valence electrons. The molecule has 0 amide bonds. The Morgan fingerprint density at radius 3 is 2.84 bits per heavy atom. The van der Waals surface area contributed by atoms with Crippen molar-refractivity contribution in [2.24, 2.45) is 0 Å². The largest absolute Gasteiger partial charge is 0.494 e. The smallest absolute Gasteiger partial charge is 0.338 e. The lowest BCUT2D eigenvalue weighted by Gasteiger charge is -2.23. The van der Waals surface area contributed by atoms with Gasteiger partial charge >= 0.3 is 5.97 Å². The molecule has 1 unspecified atom stereocenters. The molecule has 1 atom stereocenters. The van der Waals surface area contributed by atoms with Crippen molar-refractivity contribution in [3.05, 3.63) is 35.1 Å². The molecule has 2 aliphatic heterocycles. The van der Waals surface area contributed by atoms with E-state index in [0.29, 0.717) is 30.1 Å². The summed E-state index contributed by atoms with van der Waals surface area (Å²) in [4.78, 5) is 12.1. The van der Waals surface area contributed by atoms with E-state index in [4.69, 9.17) is 9.47 Å². The Morgan fingerprint density at radius 1 is 1.53 bits per heavy atom. The molecule has 0 fully saturated rings. The van der Waals surface area contributed by atoms with E-state index in [1.165, 1.54) is 24.4 Å². The van der Waals surface area contributed by atoms with Crippen LogP contribution in [0.3, 0.4) is 0 Å². The second kappa shape index (κ2) is 5.44. The van der Waals surface area contributed by atoms with Crippen LogP contribution >= 0.6 is 0 Å². The Morgan fingerprint density at radius 2 is 2.26 bits per heavy atom. The van der Waals surface area contributed by atoms with Gasteiger partial charge in [0.1, 0.15) is 17.3 Å². The predicted molar refractivity (Wildman–Crippen MR) is 67.0 cm³/mol. The maximum Gasteiger partial charge on any atom is 0.338 e. The Labute approximate surface area is 111 Å². The third kappa shape index (κ3) is 2.35. The normalized spacial score (nSPS) is 21.9. The number of allylic oxidation sites excluding steroid dienone is 2. The number of halogens is 1. The molecule has 2 aliphatic rings. The zero-order valence-electron chi connectivity index (χ0n) is 11.2. The average molecular weight is 268 g/mol. The molecule has 0 aliphatic carbocycles. The quantitative estimate of drug-likeness (QED) is 0.787. The third-order valence-corrected chi connectivity index (χ3v) is 3.02. The van der Waals surface area contributed by atoms with Crippen molar-refractivity contribution in [1.29, 1.82) is 0 Å². The van der Waals surface area contributed by atoms with Crippen molar-refractivity contribution in [3.8, 4) is 0 Å². The van der Waals surface area contributed by atoms with Crippen LogP contribution in [0.4, 0.5) is 4.39 Å². The summed E-state index contributed by atoms with van der Waals surface area (Å²) in [6.07, 6.45) is 3.22. The molecule has 0 aromatic rings. The van der Waals surface area contributed by atoms with Crippen LogP contribution < -0.4 is 5.43 Å². The van der Waals surface area contributed by atoms with Crippen LogP contribution in [0.15, 0.2) is 35.1 Å². The van der Waals surface area contributed by atoms with E-state index < -0.39 is 11.8 Å². The third-order valence-electron chi connectivity index (χ3n) is 3.02. The number of rotatable bonds is 4. The Balaban J connectivity index is 2.47. The lowest BCUT2D eigenvalue weighted by molar-refractivity contribution is -0.138. The zero-order chi connectivity index (χ0) is 14.0. The molecule has 0 saturated carbocycles. The molecule has 0 aromatic heterocycles. The van der Waals surface area contributed by atoms with Gasteiger partial charge in [-0.25, -0.2) is 14.6 Å². The van der Waals surface area contributed by atoms with Crippen molar-refractivity contribution in [3.63, 3.8) is 0 Å². The number of hydrogen-bond acceptors (Lipinski definition) is 5. The molecule has 0 aromatic carbocycles. The van der Waals surface area contributed by atoms with E-state index in [1.54, 1.807) is 6.92 Å². The minimum Gasteiger partial charge on any atom is -0.494 e. The summed E-state index contributed by atoms with van der Waals surface area (Å²) >= 11 is 0. The van der Waals surface area contributed by atoms with Gasteiger partial charge in [-0.05, 0) is 13.3 Å². The van der Waals surface area contributed by atoms with Crippen LogP contribution in [0.25, 0.3) is 0 Å². The number of esters is 1. The number of nitrogens with one attached hydrogen (secondary N) is 1. The van der Waals surface area contributed by atoms with Gasteiger partial charge in [-0.15, -0.1) is 0 Å². The van der Waals surface area contributed by atoms with Gasteiger partial charge in [0.2, 0.25) is 0 Å². The summed E-state index contributed by atoms with van der Waals surface area (Å²) in [7, 11) is 1.44. The highest BCUT2D eigenvalue weighted by atomic mass is 19.1. The zero-order valence-corrected chi connectivity index (χ0v) is 11.2. The van der Waals surface area contributed by atoms with Crippen molar-refractivity contribution in [2.75, 3.05) is 13.7 Å². The number of hydrogen-bond donors (Lipinski definition) is 1. The maximum atomic E-state index is 13.5. The molecule has 0 radical (unpaired) electrons. The van der Waals surface area contributed by atoms with Gasteiger partial charge in [0, 0.05) is 6.08 Å². The molecule has 1 N–H and O–H groups in total. The van der Waals surface area contributed by atoms with Crippen LogP contribution in [0.5, 0.6) is 0 Å². The number of hydrazine groups is 1. The summed E-state index contributed by atoms with van der Waals surface area (Å²) in [6.45, 7) is 3.98. The van der Waals surface area contributed by atoms with Crippen LogP contribution in [-0.4, -0.2) is 30.7 Å². The van der Waals surface area contributed by atoms with Crippen LogP contribution in [0.1, 0.15) is 20.3 Å². The Hall–Kier alpha value is -1.82. The van der Waals surface area contributed by atoms with Gasteiger partial charge in [-0.1, -0.05) is 6.92 Å². The molecular weight excluding hydrogens is 251 g/mol. The summed E-state index contributed by atoms with van der Waals surface area (Å²) < 4.78 is 23.7. The number of carbonyl (C=O) groups excluding carboxylic acids is 1. The van der Waals surface area contributed by atoms with E-state index in [0.717, 1.165) is 0 Å².